The van der Waals surface area contributed by atoms with E-state index in [0.717, 1.165) is 12.4 Å². The molecule has 0 amide bonds. The first-order chi connectivity index (χ1) is 9.10. The fourth-order valence-electron chi connectivity index (χ4n) is 1.75. The number of hydrogen-bond acceptors (Lipinski definition) is 5. The summed E-state index contributed by atoms with van der Waals surface area (Å²) in [5, 5.41) is 0. The molecule has 0 fully saturated rings. The van der Waals surface area contributed by atoms with Crippen LogP contribution in [0.1, 0.15) is 13.8 Å². The zero-order chi connectivity index (χ0) is 15.6. The maximum absolute atomic E-state index is 11.9. The molecule has 0 radical (unpaired) electrons. The number of aromatic nitrogens is 1. The number of rotatable bonds is 6. The highest BCUT2D eigenvalue weighted by atomic mass is 32.2. The van der Waals surface area contributed by atoms with Crippen molar-refractivity contribution in [3.05, 3.63) is 18.3 Å². The largest absolute Gasteiger partial charge is 0.359 e. The quantitative estimate of drug-likeness (QED) is 0.839. The van der Waals surface area contributed by atoms with Crippen molar-refractivity contribution in [2.45, 2.75) is 18.7 Å². The Kier molecular flexibility index (Phi) is 5.12. The molecular formula is C13H24N4O2S. The molecule has 0 saturated heterocycles. The van der Waals surface area contributed by atoms with Crippen LogP contribution in [-0.4, -0.2) is 51.9 Å². The van der Waals surface area contributed by atoms with Crippen LogP contribution in [0.2, 0.25) is 0 Å². The Labute approximate surface area is 121 Å². The van der Waals surface area contributed by atoms with Gasteiger partial charge >= 0.3 is 0 Å². The second kappa shape index (κ2) is 6.07. The standard InChI is InChI=1S/C13H24N4O2S/c1-13(2,9-14)10-17(5)12-7-6-11(8-15-12)20(18,19)16(3)4/h6-8H,9-10,14H2,1-5H3. The summed E-state index contributed by atoms with van der Waals surface area (Å²) in [6, 6.07) is 3.28. The fraction of sp³-hybridized carbons (Fsp3) is 0.615. The SMILES string of the molecule is CN(CC(C)(C)CN)c1ccc(S(=O)(=O)N(C)C)cn1. The molecule has 0 aliphatic carbocycles. The molecule has 0 bridgehead atoms. The minimum atomic E-state index is -3.43. The Bertz CT molecular complexity index is 538. The summed E-state index contributed by atoms with van der Waals surface area (Å²) in [4.78, 5) is 6.39. The number of nitrogens with two attached hydrogens (primary N) is 1. The average Bonchev–Trinajstić information content (AvgIpc) is 2.38. The topological polar surface area (TPSA) is 79.5 Å². The number of sulfonamides is 1. The monoisotopic (exact) mass is 300 g/mol. The molecule has 0 unspecified atom stereocenters. The summed E-state index contributed by atoms with van der Waals surface area (Å²) in [6.07, 6.45) is 1.39. The van der Waals surface area contributed by atoms with E-state index in [1.807, 2.05) is 11.9 Å². The van der Waals surface area contributed by atoms with Gasteiger partial charge in [-0.1, -0.05) is 13.8 Å². The maximum atomic E-state index is 11.9. The molecule has 0 aliphatic heterocycles. The van der Waals surface area contributed by atoms with Crippen LogP contribution in [0, 0.1) is 5.41 Å². The molecule has 0 aliphatic rings. The van der Waals surface area contributed by atoms with Crippen molar-refractivity contribution in [2.75, 3.05) is 39.1 Å². The van der Waals surface area contributed by atoms with Crippen LogP contribution >= 0.6 is 0 Å². The van der Waals surface area contributed by atoms with Gasteiger partial charge in [0.25, 0.3) is 0 Å². The van der Waals surface area contributed by atoms with Crippen LogP contribution in [0.25, 0.3) is 0 Å². The van der Waals surface area contributed by atoms with E-state index in [-0.39, 0.29) is 10.3 Å². The second-order valence-electron chi connectivity index (χ2n) is 5.86. The van der Waals surface area contributed by atoms with Gasteiger partial charge < -0.3 is 10.6 Å². The summed E-state index contributed by atoms with van der Waals surface area (Å²) in [7, 11) is 1.49. The van der Waals surface area contributed by atoms with Crippen LogP contribution in [-0.2, 0) is 10.0 Å². The van der Waals surface area contributed by atoms with Gasteiger partial charge in [-0.2, -0.15) is 0 Å². The van der Waals surface area contributed by atoms with Gasteiger partial charge in [-0.05, 0) is 24.1 Å². The van der Waals surface area contributed by atoms with E-state index in [2.05, 4.69) is 18.8 Å². The lowest BCUT2D eigenvalue weighted by molar-refractivity contribution is 0.384. The van der Waals surface area contributed by atoms with Gasteiger partial charge in [0, 0.05) is 33.9 Å². The zero-order valence-corrected chi connectivity index (χ0v) is 13.6. The first kappa shape index (κ1) is 16.9. The minimum absolute atomic E-state index is 0.0230. The summed E-state index contributed by atoms with van der Waals surface area (Å²) in [5.74, 6) is 0.726. The molecule has 1 aromatic rings. The first-order valence-corrected chi connectivity index (χ1v) is 7.84. The summed E-state index contributed by atoms with van der Waals surface area (Å²) < 4.78 is 25.1. The minimum Gasteiger partial charge on any atom is -0.359 e. The molecular weight excluding hydrogens is 276 g/mol. The molecule has 0 aromatic carbocycles. The third-order valence-electron chi connectivity index (χ3n) is 3.11. The number of pyridine rings is 1. The van der Waals surface area contributed by atoms with E-state index >= 15 is 0 Å². The Balaban J connectivity index is 2.92. The van der Waals surface area contributed by atoms with E-state index in [0.29, 0.717) is 6.54 Å². The molecule has 0 spiro atoms. The third-order valence-corrected chi connectivity index (χ3v) is 4.91. The maximum Gasteiger partial charge on any atom is 0.244 e. The van der Waals surface area contributed by atoms with Crippen molar-refractivity contribution < 1.29 is 8.42 Å². The van der Waals surface area contributed by atoms with E-state index in [1.165, 1.54) is 24.6 Å². The fourth-order valence-corrected chi connectivity index (χ4v) is 2.60. The Hall–Kier alpha value is -1.18. The zero-order valence-electron chi connectivity index (χ0n) is 12.8. The normalized spacial score (nSPS) is 12.8. The van der Waals surface area contributed by atoms with Crippen LogP contribution < -0.4 is 10.6 Å². The number of hydrogen-bond donors (Lipinski definition) is 1. The van der Waals surface area contributed by atoms with E-state index in [9.17, 15) is 8.42 Å². The molecule has 7 heteroatoms. The summed E-state index contributed by atoms with van der Waals surface area (Å²) >= 11 is 0. The molecule has 20 heavy (non-hydrogen) atoms. The van der Waals surface area contributed by atoms with Crippen LogP contribution in [0.5, 0.6) is 0 Å². The Morgan fingerprint density at radius 2 is 1.85 bits per heavy atom. The first-order valence-electron chi connectivity index (χ1n) is 6.40. The molecule has 0 saturated carbocycles. The predicted molar refractivity (Wildman–Crippen MR) is 81.2 cm³/mol. The van der Waals surface area contributed by atoms with Crippen LogP contribution in [0.4, 0.5) is 5.82 Å². The second-order valence-corrected chi connectivity index (χ2v) is 8.02. The molecule has 114 valence electrons. The summed E-state index contributed by atoms with van der Waals surface area (Å²) in [5.41, 5.74) is 5.69. The molecule has 6 nitrogen and oxygen atoms in total. The number of anilines is 1. The molecule has 1 heterocycles. The van der Waals surface area contributed by atoms with Gasteiger partial charge in [-0.15, -0.1) is 0 Å². The Morgan fingerprint density at radius 3 is 2.25 bits per heavy atom. The van der Waals surface area contributed by atoms with Gasteiger partial charge in [0.05, 0.1) is 0 Å². The van der Waals surface area contributed by atoms with Crippen molar-refractivity contribution in [2.24, 2.45) is 11.1 Å². The third kappa shape index (κ3) is 3.91. The van der Waals surface area contributed by atoms with Gasteiger partial charge in [0.1, 0.15) is 10.7 Å². The van der Waals surface area contributed by atoms with E-state index in [1.54, 1.807) is 12.1 Å². The lowest BCUT2D eigenvalue weighted by Crippen LogP contribution is -2.37. The molecule has 0 atom stereocenters. The lowest BCUT2D eigenvalue weighted by atomic mass is 9.93. The molecule has 1 rings (SSSR count). The van der Waals surface area contributed by atoms with Gasteiger partial charge in [-0.25, -0.2) is 17.7 Å². The smallest absolute Gasteiger partial charge is 0.244 e. The van der Waals surface area contributed by atoms with E-state index < -0.39 is 10.0 Å². The van der Waals surface area contributed by atoms with Crippen molar-refractivity contribution in [1.82, 2.24) is 9.29 Å². The predicted octanol–water partition coefficient (Wildman–Crippen LogP) is 0.753. The Morgan fingerprint density at radius 1 is 1.25 bits per heavy atom. The van der Waals surface area contributed by atoms with Crippen LogP contribution in [0.3, 0.4) is 0 Å². The van der Waals surface area contributed by atoms with Gasteiger partial charge in [-0.3, -0.25) is 0 Å². The van der Waals surface area contributed by atoms with Crippen molar-refractivity contribution >= 4 is 15.8 Å². The lowest BCUT2D eigenvalue weighted by Gasteiger charge is -2.29. The highest BCUT2D eigenvalue weighted by Crippen LogP contribution is 2.20. The molecule has 2 N–H and O–H groups in total. The van der Waals surface area contributed by atoms with Crippen molar-refractivity contribution in [3.63, 3.8) is 0 Å². The van der Waals surface area contributed by atoms with Crippen LogP contribution in [0.15, 0.2) is 23.2 Å². The van der Waals surface area contributed by atoms with Gasteiger partial charge in [0.2, 0.25) is 10.0 Å². The van der Waals surface area contributed by atoms with E-state index in [4.69, 9.17) is 5.73 Å². The number of nitrogens with zero attached hydrogens (tertiary/aromatic N) is 3. The highest BCUT2D eigenvalue weighted by molar-refractivity contribution is 7.89. The summed E-state index contributed by atoms with van der Waals surface area (Å²) in [6.45, 7) is 5.48. The highest BCUT2D eigenvalue weighted by Gasteiger charge is 2.20. The molecule has 1 aromatic heterocycles. The van der Waals surface area contributed by atoms with Gasteiger partial charge in [0.15, 0.2) is 0 Å². The van der Waals surface area contributed by atoms with Crippen molar-refractivity contribution in [1.29, 1.82) is 0 Å². The average molecular weight is 300 g/mol. The van der Waals surface area contributed by atoms with Crippen molar-refractivity contribution in [3.8, 4) is 0 Å².